The summed E-state index contributed by atoms with van der Waals surface area (Å²) in [5.41, 5.74) is 11.9. The summed E-state index contributed by atoms with van der Waals surface area (Å²) in [7, 11) is 0. The van der Waals surface area contributed by atoms with Gasteiger partial charge in [-0.25, -0.2) is 0 Å². The average Bonchev–Trinajstić information content (AvgIpc) is 2.78. The zero-order chi connectivity index (χ0) is 23.1. The Morgan fingerprint density at radius 1 is 0.424 bits per heavy atom. The van der Waals surface area contributed by atoms with E-state index in [4.69, 9.17) is 5.73 Å². The van der Waals surface area contributed by atoms with Crippen LogP contribution in [0.4, 0.5) is 5.69 Å². The zero-order valence-electron chi connectivity index (χ0n) is 18.0. The lowest BCUT2D eigenvalue weighted by atomic mass is 9.91. The summed E-state index contributed by atoms with van der Waals surface area (Å²) in [5.74, 6) is 0.546. The van der Waals surface area contributed by atoms with E-state index in [1.165, 1.54) is 0 Å². The molecule has 166 valence electrons. The summed E-state index contributed by atoms with van der Waals surface area (Å²) >= 11 is 0. The van der Waals surface area contributed by atoms with Gasteiger partial charge in [-0.1, -0.05) is 54.6 Å². The number of para-hydroxylation sites is 3. The molecule has 33 heavy (non-hydrogen) atoms. The Bertz CT molecular complexity index is 1280. The van der Waals surface area contributed by atoms with Crippen molar-refractivity contribution in [1.82, 2.24) is 0 Å². The van der Waals surface area contributed by atoms with Crippen LogP contribution in [0, 0.1) is 0 Å². The van der Waals surface area contributed by atoms with Gasteiger partial charge in [0.05, 0.1) is 0 Å². The van der Waals surface area contributed by atoms with Crippen LogP contribution in [0.3, 0.4) is 0 Å². The molecule has 0 saturated carbocycles. The Labute approximate surface area is 192 Å². The number of hydrogen-bond acceptors (Lipinski definition) is 5. The van der Waals surface area contributed by atoms with E-state index in [1.807, 2.05) is 54.6 Å². The molecule has 0 fully saturated rings. The normalized spacial score (nSPS) is 13.0. The van der Waals surface area contributed by atoms with E-state index in [9.17, 15) is 20.4 Å². The van der Waals surface area contributed by atoms with Gasteiger partial charge in [-0.3, -0.25) is 0 Å². The van der Waals surface area contributed by atoms with E-state index in [0.717, 1.165) is 0 Å². The van der Waals surface area contributed by atoms with E-state index in [-0.39, 0.29) is 23.0 Å². The predicted molar refractivity (Wildman–Crippen MR) is 128 cm³/mol. The number of aromatic hydroxyl groups is 4. The number of benzene rings is 4. The summed E-state index contributed by atoms with van der Waals surface area (Å²) in [6.45, 7) is 0. The maximum Gasteiger partial charge on any atom is 0.122 e. The maximum atomic E-state index is 11.0. The Kier molecular flexibility index (Phi) is 5.09. The van der Waals surface area contributed by atoms with E-state index in [2.05, 4.69) is 0 Å². The molecule has 1 aliphatic carbocycles. The molecular weight excluding hydrogens is 414 g/mol. The van der Waals surface area contributed by atoms with Gasteiger partial charge in [-0.2, -0.15) is 0 Å². The van der Waals surface area contributed by atoms with Gasteiger partial charge in [-0.15, -0.1) is 0 Å². The molecule has 5 rings (SSSR count). The molecule has 0 unspecified atom stereocenters. The van der Waals surface area contributed by atoms with Gasteiger partial charge in [0.2, 0.25) is 0 Å². The highest BCUT2D eigenvalue weighted by atomic mass is 16.3. The lowest BCUT2D eigenvalue weighted by Gasteiger charge is -2.17. The highest BCUT2D eigenvalue weighted by molar-refractivity contribution is 5.58. The SMILES string of the molecule is Nc1cc2c(O)c(c1)Cc1cccc(c1O)Cc1cccc(c1O)Cc1cccc(c1O)C2. The van der Waals surface area contributed by atoms with Gasteiger partial charge < -0.3 is 26.2 Å². The van der Waals surface area contributed by atoms with Crippen LogP contribution in [0.1, 0.15) is 44.5 Å². The molecular formula is C28H25NO4. The smallest absolute Gasteiger partial charge is 0.122 e. The molecule has 0 atom stereocenters. The van der Waals surface area contributed by atoms with Crippen LogP contribution in [0.25, 0.3) is 0 Å². The summed E-state index contributed by atoms with van der Waals surface area (Å²) in [6.07, 6.45) is 1.28. The largest absolute Gasteiger partial charge is 0.507 e. The first-order valence-corrected chi connectivity index (χ1v) is 10.9. The standard InChI is InChI=1S/C28H25NO4/c29-24-14-22-12-20-8-2-6-18(26(20)31)10-16-4-1-5-17(25(16)30)11-19-7-3-9-21(27(19)32)13-23(15-24)28(22)33/h1-9,14-15,30-33H,10-13,29H2. The van der Waals surface area contributed by atoms with Crippen LogP contribution in [0.2, 0.25) is 0 Å². The Morgan fingerprint density at radius 2 is 0.667 bits per heavy atom. The van der Waals surface area contributed by atoms with Gasteiger partial charge >= 0.3 is 0 Å². The molecule has 6 N–H and O–H groups in total. The molecule has 0 aliphatic heterocycles. The van der Waals surface area contributed by atoms with Crippen LogP contribution < -0.4 is 5.73 Å². The molecule has 0 heterocycles. The third-order valence-corrected chi connectivity index (χ3v) is 6.42. The van der Waals surface area contributed by atoms with Crippen molar-refractivity contribution >= 4 is 5.69 Å². The molecule has 5 heteroatoms. The number of phenolic OH excluding ortho intramolecular Hbond substituents is 4. The van der Waals surface area contributed by atoms with E-state index < -0.39 is 0 Å². The van der Waals surface area contributed by atoms with Crippen molar-refractivity contribution in [2.24, 2.45) is 0 Å². The minimum atomic E-state index is 0.105. The fourth-order valence-corrected chi connectivity index (χ4v) is 4.67. The van der Waals surface area contributed by atoms with Crippen molar-refractivity contribution in [3.05, 3.63) is 111 Å². The van der Waals surface area contributed by atoms with E-state index >= 15 is 0 Å². The third-order valence-electron chi connectivity index (χ3n) is 6.42. The second kappa shape index (κ2) is 8.10. The Morgan fingerprint density at radius 3 is 0.970 bits per heavy atom. The number of nitrogen functional groups attached to an aromatic ring is 1. The first kappa shape index (κ1) is 20.8. The Balaban J connectivity index is 1.73. The van der Waals surface area contributed by atoms with Crippen molar-refractivity contribution in [3.8, 4) is 23.0 Å². The highest BCUT2D eigenvalue weighted by Gasteiger charge is 2.18. The van der Waals surface area contributed by atoms with Crippen molar-refractivity contribution in [2.45, 2.75) is 25.7 Å². The number of nitrogens with two attached hydrogens (primary N) is 1. The fraction of sp³-hybridized carbons (Fsp3) is 0.143. The van der Waals surface area contributed by atoms with Gasteiger partial charge in [0.15, 0.2) is 0 Å². The van der Waals surface area contributed by atoms with Crippen molar-refractivity contribution in [3.63, 3.8) is 0 Å². The van der Waals surface area contributed by atoms with E-state index in [0.29, 0.717) is 75.9 Å². The number of anilines is 1. The quantitative estimate of drug-likeness (QED) is 0.177. The van der Waals surface area contributed by atoms with Crippen molar-refractivity contribution in [2.75, 3.05) is 5.73 Å². The van der Waals surface area contributed by atoms with Gasteiger partial charge in [0.1, 0.15) is 23.0 Å². The fourth-order valence-electron chi connectivity index (χ4n) is 4.67. The summed E-state index contributed by atoms with van der Waals surface area (Å²) < 4.78 is 0. The molecule has 0 aromatic heterocycles. The minimum Gasteiger partial charge on any atom is -0.507 e. The van der Waals surface area contributed by atoms with Crippen LogP contribution in [-0.2, 0) is 25.7 Å². The molecule has 0 saturated heterocycles. The van der Waals surface area contributed by atoms with Crippen LogP contribution >= 0.6 is 0 Å². The first-order valence-electron chi connectivity index (χ1n) is 10.9. The second-order valence-electron chi connectivity index (χ2n) is 8.67. The van der Waals surface area contributed by atoms with Gasteiger partial charge in [0, 0.05) is 42.5 Å². The minimum absolute atomic E-state index is 0.105. The first-order chi connectivity index (χ1) is 15.9. The maximum absolute atomic E-state index is 11.0. The predicted octanol–water partition coefficient (Wildman–Crippen LogP) is 4.77. The average molecular weight is 440 g/mol. The van der Waals surface area contributed by atoms with Crippen LogP contribution in [-0.4, -0.2) is 20.4 Å². The van der Waals surface area contributed by atoms with Gasteiger partial charge in [-0.05, 0) is 45.5 Å². The van der Waals surface area contributed by atoms with Gasteiger partial charge in [0.25, 0.3) is 0 Å². The Hall–Kier alpha value is -4.12. The molecule has 4 aromatic carbocycles. The summed E-state index contributed by atoms with van der Waals surface area (Å²) in [5, 5.41) is 44.0. The monoisotopic (exact) mass is 439 g/mol. The zero-order valence-corrected chi connectivity index (χ0v) is 18.0. The van der Waals surface area contributed by atoms with Crippen molar-refractivity contribution in [1.29, 1.82) is 0 Å². The van der Waals surface area contributed by atoms with Crippen LogP contribution in [0.5, 0.6) is 23.0 Å². The lowest BCUT2D eigenvalue weighted by molar-refractivity contribution is 0.450. The summed E-state index contributed by atoms with van der Waals surface area (Å²) in [6, 6.07) is 20.0. The topological polar surface area (TPSA) is 107 Å². The third kappa shape index (κ3) is 3.82. The van der Waals surface area contributed by atoms with E-state index in [1.54, 1.807) is 12.1 Å². The number of phenols is 4. The molecule has 0 amide bonds. The lowest BCUT2D eigenvalue weighted by Crippen LogP contribution is -2.01. The second-order valence-corrected chi connectivity index (χ2v) is 8.67. The molecule has 5 nitrogen and oxygen atoms in total. The molecule has 0 spiro atoms. The molecule has 8 bridgehead atoms. The number of fused-ring (bicyclic) bond motifs is 8. The number of hydrogen-bond donors (Lipinski definition) is 5. The van der Waals surface area contributed by atoms with Crippen molar-refractivity contribution < 1.29 is 20.4 Å². The molecule has 0 radical (unpaired) electrons. The van der Waals surface area contributed by atoms with Crippen LogP contribution in [0.15, 0.2) is 66.7 Å². The molecule has 4 aromatic rings. The summed E-state index contributed by atoms with van der Waals surface area (Å²) in [4.78, 5) is 0. The molecule has 1 aliphatic rings. The highest BCUT2D eigenvalue weighted by Crippen LogP contribution is 2.37. The number of rotatable bonds is 0.